The minimum absolute atomic E-state index is 0.00697. The van der Waals surface area contributed by atoms with Crippen molar-refractivity contribution in [2.45, 2.75) is 82.6 Å². The van der Waals surface area contributed by atoms with Crippen LogP contribution in [-0.4, -0.2) is 80.3 Å². The number of aromatic nitrogens is 3. The third-order valence-electron chi connectivity index (χ3n) is 12.4. The molecule has 4 aliphatic rings. The predicted molar refractivity (Wildman–Crippen MR) is 204 cm³/mol. The Labute approximate surface area is 340 Å². The van der Waals surface area contributed by atoms with Gasteiger partial charge in [0.25, 0.3) is 0 Å². The number of rotatable bonds is 9. The van der Waals surface area contributed by atoms with Gasteiger partial charge in [-0.2, -0.15) is 31.3 Å². The van der Waals surface area contributed by atoms with Crippen molar-refractivity contribution in [1.82, 2.24) is 24.8 Å². The molecular weight excluding hydrogens is 796 g/mol. The minimum Gasteiger partial charge on any atom is -0.481 e. The smallest absolute Gasteiger partial charge is 0.438 e. The Morgan fingerprint density at radius 2 is 1.62 bits per heavy atom. The zero-order chi connectivity index (χ0) is 42.2. The lowest BCUT2D eigenvalue weighted by Gasteiger charge is -2.25. The average Bonchev–Trinajstić information content (AvgIpc) is 4.04. The summed E-state index contributed by atoms with van der Waals surface area (Å²) in [7, 11) is 1.29. The fourth-order valence-corrected chi connectivity index (χ4v) is 9.62. The first kappa shape index (κ1) is 40.2. The summed E-state index contributed by atoms with van der Waals surface area (Å²) in [6, 6.07) is 12.1. The number of nitrogens with zero attached hydrogens (tertiary/aromatic N) is 5. The van der Waals surface area contributed by atoms with Crippen molar-refractivity contribution in [2.75, 3.05) is 33.3 Å². The molecule has 2 aliphatic heterocycles. The van der Waals surface area contributed by atoms with E-state index >= 15 is 0 Å². The summed E-state index contributed by atoms with van der Waals surface area (Å²) in [6.07, 6.45) is -8.68. The van der Waals surface area contributed by atoms with E-state index in [0.717, 1.165) is 16.7 Å². The fraction of sp³-hybridized carbons (Fsp3) is 0.442. The second-order valence-electron chi connectivity index (χ2n) is 16.1. The summed E-state index contributed by atoms with van der Waals surface area (Å²) in [4.78, 5) is 28.1. The van der Waals surface area contributed by atoms with Crippen molar-refractivity contribution in [3.63, 3.8) is 0 Å². The minimum atomic E-state index is -4.89. The molecule has 9 rings (SSSR count). The molecule has 0 amide bonds. The number of methoxy groups -OCH3 is 1. The number of aliphatic carboxylic acids is 1. The normalized spacial score (nSPS) is 22.1. The van der Waals surface area contributed by atoms with Crippen LogP contribution in [-0.2, 0) is 36.5 Å². The van der Waals surface area contributed by atoms with Crippen LogP contribution >= 0.6 is 0 Å². The van der Waals surface area contributed by atoms with Crippen LogP contribution < -0.4 is 9.47 Å². The molecular formula is C43H41F6N5O6. The molecule has 0 unspecified atom stereocenters. The van der Waals surface area contributed by atoms with Crippen LogP contribution in [0.2, 0.25) is 0 Å². The number of β-amino-alcohol motifs (C(OH)–C–C–N with tert-alkyl or cyclic N) is 1. The number of oxazole rings is 1. The Hall–Kier alpha value is -5.26. The molecule has 0 bridgehead atoms. The summed E-state index contributed by atoms with van der Waals surface area (Å²) in [5, 5.41) is 19.5. The zero-order valence-corrected chi connectivity index (χ0v) is 32.7. The van der Waals surface area contributed by atoms with Crippen LogP contribution in [0.25, 0.3) is 33.7 Å². The van der Waals surface area contributed by atoms with E-state index in [9.17, 15) is 41.4 Å². The van der Waals surface area contributed by atoms with Crippen molar-refractivity contribution < 1.29 is 55.2 Å². The molecule has 60 heavy (non-hydrogen) atoms. The Morgan fingerprint density at radius 3 is 2.32 bits per heavy atom. The maximum atomic E-state index is 14.9. The topological polar surface area (TPSA) is 134 Å². The Bertz CT molecular complexity index is 2510. The molecule has 316 valence electrons. The Morgan fingerprint density at radius 1 is 0.867 bits per heavy atom. The first-order valence-electron chi connectivity index (χ1n) is 19.9. The lowest BCUT2D eigenvalue weighted by Crippen LogP contribution is -2.26. The van der Waals surface area contributed by atoms with E-state index in [0.29, 0.717) is 74.0 Å². The van der Waals surface area contributed by atoms with Gasteiger partial charge in [-0.15, -0.1) is 0 Å². The summed E-state index contributed by atoms with van der Waals surface area (Å²) >= 11 is 0. The molecule has 2 N–H and O–H groups in total. The van der Waals surface area contributed by atoms with Crippen molar-refractivity contribution in [3.05, 3.63) is 87.2 Å². The number of alkyl halides is 6. The van der Waals surface area contributed by atoms with E-state index < -0.39 is 53.6 Å². The first-order chi connectivity index (χ1) is 28.6. The van der Waals surface area contributed by atoms with Crippen LogP contribution in [0, 0.1) is 12.8 Å². The highest BCUT2D eigenvalue weighted by molar-refractivity contribution is 5.85. The summed E-state index contributed by atoms with van der Waals surface area (Å²) in [5.41, 5.74) is 2.36. The third kappa shape index (κ3) is 7.13. The molecule has 2 aliphatic carbocycles. The molecule has 17 heteroatoms. The molecule has 2 aromatic heterocycles. The Balaban J connectivity index is 1.04. The molecule has 2 fully saturated rings. The monoisotopic (exact) mass is 837 g/mol. The van der Waals surface area contributed by atoms with E-state index in [-0.39, 0.29) is 59.7 Å². The fourth-order valence-electron chi connectivity index (χ4n) is 9.62. The number of ether oxygens (including phenoxy) is 2. The third-order valence-corrected chi connectivity index (χ3v) is 12.4. The van der Waals surface area contributed by atoms with Gasteiger partial charge in [-0.05, 0) is 103 Å². The highest BCUT2D eigenvalue weighted by Gasteiger charge is 2.45. The number of aliphatic hydroxyl groups is 1. The molecule has 4 atom stereocenters. The highest BCUT2D eigenvalue weighted by atomic mass is 19.4. The summed E-state index contributed by atoms with van der Waals surface area (Å²) in [6.45, 7) is 3.35. The van der Waals surface area contributed by atoms with E-state index in [2.05, 4.69) is 15.0 Å². The van der Waals surface area contributed by atoms with Crippen LogP contribution in [0.15, 0.2) is 46.9 Å². The molecule has 2 saturated heterocycles. The average molecular weight is 838 g/mol. The highest BCUT2D eigenvalue weighted by Crippen LogP contribution is 2.49. The number of carboxylic acids is 1. The van der Waals surface area contributed by atoms with Gasteiger partial charge >= 0.3 is 18.3 Å². The van der Waals surface area contributed by atoms with Gasteiger partial charge in [-0.3, -0.25) is 14.6 Å². The lowest BCUT2D eigenvalue weighted by atomic mass is 9.91. The van der Waals surface area contributed by atoms with Gasteiger partial charge in [-0.25, -0.2) is 9.97 Å². The number of benzene rings is 3. The molecule has 0 spiro atoms. The predicted octanol–water partition coefficient (Wildman–Crippen LogP) is 8.33. The zero-order valence-electron chi connectivity index (χ0n) is 32.7. The SMILES string of the molecule is COc1nc(O[C@H]2CCc3c(-c4cccc(-c5nc6cc7c(c(C(F)(F)F)c6o5)CC[C@H]7N5CC[C@@H](C(=O)O)C5)c4C)cccc32)c(C(F)(F)F)nc1CN1CC[C@@H](O)C1. The van der Waals surface area contributed by atoms with E-state index in [1.54, 1.807) is 35.2 Å². The van der Waals surface area contributed by atoms with Gasteiger partial charge in [0, 0.05) is 37.8 Å². The van der Waals surface area contributed by atoms with Crippen molar-refractivity contribution in [2.24, 2.45) is 5.92 Å². The number of carboxylic acid groups (broad SMARTS) is 1. The molecule has 0 saturated carbocycles. The molecule has 11 nitrogen and oxygen atoms in total. The van der Waals surface area contributed by atoms with Crippen LogP contribution in [0.3, 0.4) is 0 Å². The largest absolute Gasteiger partial charge is 0.481 e. The first-order valence-corrected chi connectivity index (χ1v) is 19.9. The van der Waals surface area contributed by atoms with Crippen molar-refractivity contribution in [1.29, 1.82) is 0 Å². The second-order valence-corrected chi connectivity index (χ2v) is 16.1. The van der Waals surface area contributed by atoms with Crippen LogP contribution in [0.4, 0.5) is 26.3 Å². The van der Waals surface area contributed by atoms with Gasteiger partial charge in [0.15, 0.2) is 5.58 Å². The summed E-state index contributed by atoms with van der Waals surface area (Å²) in [5.74, 6) is -2.29. The number of hydrogen-bond acceptors (Lipinski definition) is 10. The van der Waals surface area contributed by atoms with E-state index in [1.807, 2.05) is 24.0 Å². The number of likely N-dealkylation sites (tertiary alicyclic amines) is 2. The van der Waals surface area contributed by atoms with Crippen molar-refractivity contribution in [3.8, 4) is 34.3 Å². The molecule has 0 radical (unpaired) electrons. The van der Waals surface area contributed by atoms with Crippen LogP contribution in [0.1, 0.15) is 82.6 Å². The molecule has 3 aromatic carbocycles. The van der Waals surface area contributed by atoms with Gasteiger partial charge in [0.2, 0.25) is 23.3 Å². The maximum Gasteiger partial charge on any atom is 0.438 e. The second kappa shape index (κ2) is 15.0. The summed E-state index contributed by atoms with van der Waals surface area (Å²) < 4.78 is 105. The van der Waals surface area contributed by atoms with Crippen molar-refractivity contribution >= 4 is 17.1 Å². The van der Waals surface area contributed by atoms with Gasteiger partial charge in [0.05, 0.1) is 19.1 Å². The quantitative estimate of drug-likeness (QED) is 0.139. The maximum absolute atomic E-state index is 14.9. The standard InChI is InChI=1S/C43H41F6N5O6/c1-21-24(5-3-6-25(21)38-51-31-17-30-29(35(36(31)60-38)42(44,45)46)9-11-33(30)54-16-13-22(18-54)41(56)57)26-7-4-8-28-27(26)10-12-34(28)59-40-37(43(47,48)49)50-32(39(52-40)58-2)20-53-15-14-23(55)19-53/h3-8,17,22-23,33-34,55H,9-16,18-20H2,1-2H3,(H,56,57)/t22-,23-,33-,34+/m1/s1. The Kier molecular flexibility index (Phi) is 10.1. The van der Waals surface area contributed by atoms with Gasteiger partial charge in [-0.1, -0.05) is 30.3 Å². The van der Waals surface area contributed by atoms with Gasteiger partial charge < -0.3 is 24.1 Å². The number of fused-ring (bicyclic) bond motifs is 3. The van der Waals surface area contributed by atoms with E-state index in [4.69, 9.17) is 13.9 Å². The number of carbonyl (C=O) groups is 1. The number of hydrogen-bond donors (Lipinski definition) is 2. The lowest BCUT2D eigenvalue weighted by molar-refractivity contribution is -0.144. The number of halogens is 6. The van der Waals surface area contributed by atoms with Gasteiger partial charge in [0.1, 0.15) is 22.9 Å². The molecule has 4 heterocycles. The van der Waals surface area contributed by atoms with E-state index in [1.165, 1.54) is 7.11 Å². The number of aliphatic hydroxyl groups excluding tert-OH is 1. The van der Waals surface area contributed by atoms with Crippen LogP contribution in [0.5, 0.6) is 11.8 Å². The molecule has 5 aromatic rings.